The van der Waals surface area contributed by atoms with Crippen LogP contribution in [0.4, 0.5) is 4.39 Å². The standard InChI is InChI=1S/C28H39FN4O/c1-5-6-7-8-9-12-19-32(21-20-31(3)4)22(2)27-30-26-14-11-10-13-25(26)28(34)33(27)24-17-15-23(29)16-18-24/h10-11,13-18,22H,5-9,12,19-21H2,1-4H3/t22-/m1/s1. The number of para-hydroxylation sites is 1. The van der Waals surface area contributed by atoms with E-state index < -0.39 is 0 Å². The molecule has 1 atom stereocenters. The van der Waals surface area contributed by atoms with Gasteiger partial charge < -0.3 is 4.90 Å². The van der Waals surface area contributed by atoms with Crippen molar-refractivity contribution in [1.82, 2.24) is 19.4 Å². The number of hydrogen-bond acceptors (Lipinski definition) is 4. The number of aromatic nitrogens is 2. The minimum absolute atomic E-state index is 0.0713. The van der Waals surface area contributed by atoms with Crippen LogP contribution in [-0.2, 0) is 0 Å². The van der Waals surface area contributed by atoms with Crippen molar-refractivity contribution in [2.75, 3.05) is 33.7 Å². The molecule has 184 valence electrons. The van der Waals surface area contributed by atoms with E-state index in [0.29, 0.717) is 22.4 Å². The third-order valence-corrected chi connectivity index (χ3v) is 6.44. The molecule has 0 unspecified atom stereocenters. The lowest BCUT2D eigenvalue weighted by atomic mass is 10.1. The molecule has 0 aliphatic rings. The highest BCUT2D eigenvalue weighted by molar-refractivity contribution is 5.77. The Kier molecular flexibility index (Phi) is 9.78. The molecule has 3 rings (SSSR count). The zero-order chi connectivity index (χ0) is 24.5. The van der Waals surface area contributed by atoms with Gasteiger partial charge >= 0.3 is 0 Å². The fourth-order valence-corrected chi connectivity index (χ4v) is 4.36. The van der Waals surface area contributed by atoms with Crippen LogP contribution in [0, 0.1) is 5.82 Å². The average Bonchev–Trinajstić information content (AvgIpc) is 2.83. The molecule has 2 aromatic carbocycles. The lowest BCUT2D eigenvalue weighted by molar-refractivity contribution is 0.178. The minimum atomic E-state index is -0.323. The van der Waals surface area contributed by atoms with E-state index in [1.165, 1.54) is 44.2 Å². The van der Waals surface area contributed by atoms with E-state index in [2.05, 4.69) is 37.7 Å². The van der Waals surface area contributed by atoms with Crippen LogP contribution in [0.3, 0.4) is 0 Å². The zero-order valence-corrected chi connectivity index (χ0v) is 21.1. The second kappa shape index (κ2) is 12.8. The lowest BCUT2D eigenvalue weighted by Gasteiger charge is -2.31. The number of rotatable bonds is 13. The van der Waals surface area contributed by atoms with E-state index in [4.69, 9.17) is 4.98 Å². The van der Waals surface area contributed by atoms with Gasteiger partial charge in [0.1, 0.15) is 11.6 Å². The molecule has 0 saturated carbocycles. The first-order chi connectivity index (χ1) is 16.4. The van der Waals surface area contributed by atoms with Gasteiger partial charge in [-0.2, -0.15) is 0 Å². The molecular weight excluding hydrogens is 427 g/mol. The molecule has 5 nitrogen and oxygen atoms in total. The third kappa shape index (κ3) is 6.73. The molecule has 0 aliphatic heterocycles. The Labute approximate surface area is 203 Å². The molecule has 34 heavy (non-hydrogen) atoms. The maximum Gasteiger partial charge on any atom is 0.266 e. The number of nitrogens with zero attached hydrogens (tertiary/aromatic N) is 4. The Morgan fingerprint density at radius 3 is 2.29 bits per heavy atom. The van der Waals surface area contributed by atoms with Crippen molar-refractivity contribution in [3.05, 3.63) is 70.5 Å². The first-order valence-corrected chi connectivity index (χ1v) is 12.6. The number of fused-ring (bicyclic) bond motifs is 1. The molecule has 1 heterocycles. The van der Waals surface area contributed by atoms with Gasteiger partial charge in [-0.15, -0.1) is 0 Å². The maximum absolute atomic E-state index is 13.7. The zero-order valence-electron chi connectivity index (χ0n) is 21.1. The predicted molar refractivity (Wildman–Crippen MR) is 139 cm³/mol. The van der Waals surface area contributed by atoms with Gasteiger partial charge in [-0.25, -0.2) is 9.37 Å². The van der Waals surface area contributed by atoms with E-state index in [0.717, 1.165) is 26.1 Å². The highest BCUT2D eigenvalue weighted by Crippen LogP contribution is 2.23. The lowest BCUT2D eigenvalue weighted by Crippen LogP contribution is -2.37. The van der Waals surface area contributed by atoms with Crippen molar-refractivity contribution >= 4 is 10.9 Å². The van der Waals surface area contributed by atoms with Gasteiger partial charge in [0.2, 0.25) is 0 Å². The van der Waals surface area contributed by atoms with Crippen LogP contribution in [0.1, 0.15) is 64.2 Å². The largest absolute Gasteiger partial charge is 0.308 e. The normalized spacial score (nSPS) is 12.7. The Bertz CT molecular complexity index is 1090. The molecule has 0 fully saturated rings. The molecule has 0 bridgehead atoms. The highest BCUT2D eigenvalue weighted by atomic mass is 19.1. The van der Waals surface area contributed by atoms with Gasteiger partial charge in [0.05, 0.1) is 22.6 Å². The number of benzene rings is 2. The van der Waals surface area contributed by atoms with Crippen LogP contribution in [0.25, 0.3) is 16.6 Å². The van der Waals surface area contributed by atoms with Crippen LogP contribution in [0.15, 0.2) is 53.3 Å². The van der Waals surface area contributed by atoms with Crippen LogP contribution in [0.5, 0.6) is 0 Å². The Hall–Kier alpha value is -2.57. The number of halogens is 1. The fourth-order valence-electron chi connectivity index (χ4n) is 4.36. The van der Waals surface area contributed by atoms with Gasteiger partial charge in [0.25, 0.3) is 5.56 Å². The summed E-state index contributed by atoms with van der Waals surface area (Å²) in [7, 11) is 4.16. The quantitative estimate of drug-likeness (QED) is 0.298. The third-order valence-electron chi connectivity index (χ3n) is 6.44. The molecule has 0 radical (unpaired) electrons. The van der Waals surface area contributed by atoms with E-state index >= 15 is 0 Å². The van der Waals surface area contributed by atoms with E-state index in [1.54, 1.807) is 22.8 Å². The highest BCUT2D eigenvalue weighted by Gasteiger charge is 2.23. The molecule has 0 spiro atoms. The van der Waals surface area contributed by atoms with Gasteiger partial charge in [-0.3, -0.25) is 14.3 Å². The summed E-state index contributed by atoms with van der Waals surface area (Å²) in [4.78, 5) is 23.2. The monoisotopic (exact) mass is 466 g/mol. The van der Waals surface area contributed by atoms with Crippen LogP contribution in [0.2, 0.25) is 0 Å². The second-order valence-corrected chi connectivity index (χ2v) is 9.39. The Morgan fingerprint density at radius 1 is 0.912 bits per heavy atom. The summed E-state index contributed by atoms with van der Waals surface area (Å²) in [6.07, 6.45) is 7.43. The summed E-state index contributed by atoms with van der Waals surface area (Å²) in [6.45, 7) is 7.13. The minimum Gasteiger partial charge on any atom is -0.308 e. The predicted octanol–water partition coefficient (Wildman–Crippen LogP) is 5.81. The SMILES string of the molecule is CCCCCCCCN(CCN(C)C)[C@H](C)c1nc2ccccc2c(=O)n1-c1ccc(F)cc1. The van der Waals surface area contributed by atoms with Crippen molar-refractivity contribution in [3.63, 3.8) is 0 Å². The van der Waals surface area contributed by atoms with Crippen LogP contribution < -0.4 is 5.56 Å². The van der Waals surface area contributed by atoms with Gasteiger partial charge in [-0.05, 0) is 70.4 Å². The Morgan fingerprint density at radius 2 is 1.59 bits per heavy atom. The molecule has 3 aromatic rings. The molecule has 1 aromatic heterocycles. The summed E-state index contributed by atoms with van der Waals surface area (Å²) in [5.41, 5.74) is 1.21. The van der Waals surface area contributed by atoms with Crippen molar-refractivity contribution in [3.8, 4) is 5.69 Å². The summed E-state index contributed by atoms with van der Waals surface area (Å²) in [5.74, 6) is 0.371. The molecular formula is C28H39FN4O. The Balaban J connectivity index is 1.97. The number of unbranched alkanes of at least 4 members (excludes halogenated alkanes) is 5. The molecule has 0 saturated heterocycles. The molecule has 0 amide bonds. The first-order valence-electron chi connectivity index (χ1n) is 12.6. The van der Waals surface area contributed by atoms with Crippen molar-refractivity contribution < 1.29 is 4.39 Å². The van der Waals surface area contributed by atoms with E-state index in [1.807, 2.05) is 18.2 Å². The summed E-state index contributed by atoms with van der Waals surface area (Å²) in [5, 5.41) is 0.568. The second-order valence-electron chi connectivity index (χ2n) is 9.39. The number of hydrogen-bond donors (Lipinski definition) is 0. The van der Waals surface area contributed by atoms with Crippen molar-refractivity contribution in [2.24, 2.45) is 0 Å². The summed E-state index contributed by atoms with van der Waals surface area (Å²) >= 11 is 0. The molecule has 0 N–H and O–H groups in total. The topological polar surface area (TPSA) is 41.4 Å². The maximum atomic E-state index is 13.7. The van der Waals surface area contributed by atoms with E-state index in [-0.39, 0.29) is 17.4 Å². The average molecular weight is 467 g/mol. The first kappa shape index (κ1) is 26.0. The summed E-state index contributed by atoms with van der Waals surface area (Å²) in [6, 6.07) is 13.5. The summed E-state index contributed by atoms with van der Waals surface area (Å²) < 4.78 is 15.3. The van der Waals surface area contributed by atoms with Gasteiger partial charge in [0.15, 0.2) is 0 Å². The smallest absolute Gasteiger partial charge is 0.266 e. The van der Waals surface area contributed by atoms with Crippen molar-refractivity contribution in [2.45, 2.75) is 58.4 Å². The van der Waals surface area contributed by atoms with Crippen LogP contribution in [-0.4, -0.2) is 53.1 Å². The van der Waals surface area contributed by atoms with Crippen LogP contribution >= 0.6 is 0 Å². The van der Waals surface area contributed by atoms with Crippen molar-refractivity contribution in [1.29, 1.82) is 0 Å². The van der Waals surface area contributed by atoms with Gasteiger partial charge in [-0.1, -0.05) is 51.2 Å². The number of likely N-dealkylation sites (N-methyl/N-ethyl adjacent to an activating group) is 1. The fraction of sp³-hybridized carbons (Fsp3) is 0.500. The van der Waals surface area contributed by atoms with Gasteiger partial charge in [0, 0.05) is 13.1 Å². The van der Waals surface area contributed by atoms with E-state index in [9.17, 15) is 9.18 Å². The molecule has 0 aliphatic carbocycles. The molecule has 6 heteroatoms.